The molecule has 3 aromatic rings. The Morgan fingerprint density at radius 2 is 2.06 bits per heavy atom. The summed E-state index contributed by atoms with van der Waals surface area (Å²) in [5, 5.41) is 7.42. The number of carbonyl (C=O) groups excluding carboxylic acids is 1. The predicted molar refractivity (Wildman–Crippen MR) is 128 cm³/mol. The Balaban J connectivity index is 1.52. The van der Waals surface area contributed by atoms with Gasteiger partial charge in [-0.1, -0.05) is 13.0 Å². The Labute approximate surface area is 194 Å². The molecule has 8 heteroatoms. The first-order valence-electron chi connectivity index (χ1n) is 11.5. The molecule has 1 unspecified atom stereocenters. The maximum Gasteiger partial charge on any atom is 0.322 e. The number of amides is 2. The third-order valence-electron chi connectivity index (χ3n) is 6.31. The smallest absolute Gasteiger partial charge is 0.322 e. The van der Waals surface area contributed by atoms with E-state index < -0.39 is 0 Å². The first kappa shape index (κ1) is 23.2. The Bertz CT molecular complexity index is 1100. The van der Waals surface area contributed by atoms with Crippen LogP contribution in [-0.2, 0) is 9.47 Å². The largest absolute Gasteiger partial charge is 0.382 e. The summed E-state index contributed by atoms with van der Waals surface area (Å²) in [6.07, 6.45) is 7.37. The molecule has 8 nitrogen and oxygen atoms in total. The highest BCUT2D eigenvalue weighted by Gasteiger charge is 2.35. The molecule has 176 valence electrons. The fourth-order valence-electron chi connectivity index (χ4n) is 4.73. The van der Waals surface area contributed by atoms with E-state index in [1.54, 1.807) is 24.0 Å². The number of hydrogen-bond acceptors (Lipinski definition) is 5. The van der Waals surface area contributed by atoms with Gasteiger partial charge in [0.2, 0.25) is 0 Å². The fourth-order valence-corrected chi connectivity index (χ4v) is 4.73. The van der Waals surface area contributed by atoms with E-state index in [-0.39, 0.29) is 18.1 Å². The normalized spacial score (nSPS) is 20.8. The molecule has 3 heterocycles. The lowest BCUT2D eigenvalue weighted by Crippen LogP contribution is -2.54. The number of benzene rings is 1. The molecule has 1 aromatic carbocycles. The molecule has 0 spiro atoms. The van der Waals surface area contributed by atoms with E-state index >= 15 is 0 Å². The van der Waals surface area contributed by atoms with E-state index in [1.165, 1.54) is 0 Å². The van der Waals surface area contributed by atoms with Gasteiger partial charge in [-0.05, 0) is 56.4 Å². The summed E-state index contributed by atoms with van der Waals surface area (Å²) < 4.78 is 12.7. The molecule has 33 heavy (non-hydrogen) atoms. The van der Waals surface area contributed by atoms with E-state index in [0.29, 0.717) is 25.7 Å². The average molecular weight is 452 g/mol. The van der Waals surface area contributed by atoms with Gasteiger partial charge in [0.15, 0.2) is 0 Å². The van der Waals surface area contributed by atoms with Gasteiger partial charge in [0.1, 0.15) is 0 Å². The lowest BCUT2D eigenvalue weighted by atomic mass is 9.88. The standard InChI is InChI=1S/C25H33N5O3/c1-17-11-19(3)30(22(12-17)16-33-10-9-32-4)25(31)28-20-6-5-18(2)23(13-20)24-15-29-21(14-26-24)7-8-27-29/h5-8,13-15,17,19,22H,9-12,16H2,1-4H3,(H,28,31)/t17-,19-,22?/m1/s1. The van der Waals surface area contributed by atoms with Crippen LogP contribution in [0.25, 0.3) is 16.8 Å². The van der Waals surface area contributed by atoms with Crippen molar-refractivity contribution < 1.29 is 14.3 Å². The van der Waals surface area contributed by atoms with Gasteiger partial charge >= 0.3 is 6.03 Å². The van der Waals surface area contributed by atoms with Crippen LogP contribution in [0.15, 0.2) is 42.9 Å². The number of aryl methyl sites for hydroxylation is 1. The molecule has 0 radical (unpaired) electrons. The SMILES string of the molecule is COCCOCC1C[C@H](C)C[C@@H](C)N1C(=O)Nc1ccc(C)c(-c2cn3nccc3cn2)c1. The molecule has 1 N–H and O–H groups in total. The topological polar surface area (TPSA) is 81.0 Å². The lowest BCUT2D eigenvalue weighted by Gasteiger charge is -2.43. The number of rotatable bonds is 7. The second kappa shape index (κ2) is 10.3. The number of anilines is 1. The van der Waals surface area contributed by atoms with E-state index in [2.05, 4.69) is 29.2 Å². The molecular weight excluding hydrogens is 418 g/mol. The lowest BCUT2D eigenvalue weighted by molar-refractivity contribution is 0.00962. The van der Waals surface area contributed by atoms with Crippen LogP contribution in [0.5, 0.6) is 0 Å². The molecule has 1 fully saturated rings. The number of hydrogen-bond donors (Lipinski definition) is 1. The second-order valence-corrected chi connectivity index (χ2v) is 8.99. The van der Waals surface area contributed by atoms with Crippen LogP contribution in [0, 0.1) is 12.8 Å². The van der Waals surface area contributed by atoms with Gasteiger partial charge in [-0.3, -0.25) is 4.98 Å². The van der Waals surface area contributed by atoms with Crippen molar-refractivity contribution in [1.82, 2.24) is 19.5 Å². The van der Waals surface area contributed by atoms with E-state index in [9.17, 15) is 4.79 Å². The Kier molecular flexibility index (Phi) is 7.25. The summed E-state index contributed by atoms with van der Waals surface area (Å²) in [5.41, 5.74) is 4.53. The maximum absolute atomic E-state index is 13.4. The van der Waals surface area contributed by atoms with Gasteiger partial charge in [0.05, 0.1) is 55.7 Å². The number of likely N-dealkylation sites (tertiary alicyclic amines) is 1. The number of ether oxygens (including phenoxy) is 2. The molecule has 3 atom stereocenters. The highest BCUT2D eigenvalue weighted by atomic mass is 16.5. The van der Waals surface area contributed by atoms with Crippen molar-refractivity contribution in [3.63, 3.8) is 0 Å². The molecule has 2 amide bonds. The van der Waals surface area contributed by atoms with Crippen LogP contribution >= 0.6 is 0 Å². The Hall–Kier alpha value is -2.97. The number of urea groups is 1. The molecule has 4 rings (SSSR count). The Morgan fingerprint density at radius 1 is 1.21 bits per heavy atom. The maximum atomic E-state index is 13.4. The minimum Gasteiger partial charge on any atom is -0.382 e. The number of methoxy groups -OCH3 is 1. The minimum absolute atomic E-state index is 0.0365. The van der Waals surface area contributed by atoms with Gasteiger partial charge < -0.3 is 19.7 Å². The van der Waals surface area contributed by atoms with Crippen molar-refractivity contribution in [1.29, 1.82) is 0 Å². The van der Waals surface area contributed by atoms with Crippen molar-refractivity contribution in [2.45, 2.75) is 45.7 Å². The molecule has 0 aliphatic carbocycles. The van der Waals surface area contributed by atoms with E-state index in [0.717, 1.165) is 40.9 Å². The summed E-state index contributed by atoms with van der Waals surface area (Å²) >= 11 is 0. The number of fused-ring (bicyclic) bond motifs is 1. The fraction of sp³-hybridized carbons (Fsp3) is 0.480. The van der Waals surface area contributed by atoms with Crippen LogP contribution in [0.3, 0.4) is 0 Å². The predicted octanol–water partition coefficient (Wildman–Crippen LogP) is 4.39. The van der Waals surface area contributed by atoms with Gasteiger partial charge in [0.25, 0.3) is 0 Å². The van der Waals surface area contributed by atoms with Crippen LogP contribution < -0.4 is 5.32 Å². The van der Waals surface area contributed by atoms with E-state index in [1.807, 2.05) is 42.3 Å². The minimum atomic E-state index is -0.0972. The third kappa shape index (κ3) is 5.34. The summed E-state index contributed by atoms with van der Waals surface area (Å²) in [4.78, 5) is 19.9. The molecule has 1 saturated heterocycles. The third-order valence-corrected chi connectivity index (χ3v) is 6.31. The summed E-state index contributed by atoms with van der Waals surface area (Å²) in [6, 6.07) is 7.91. The molecule has 2 aromatic heterocycles. The van der Waals surface area contributed by atoms with Crippen molar-refractivity contribution in [3.8, 4) is 11.3 Å². The van der Waals surface area contributed by atoms with Crippen molar-refractivity contribution >= 4 is 17.2 Å². The van der Waals surface area contributed by atoms with Gasteiger partial charge in [0, 0.05) is 24.4 Å². The Morgan fingerprint density at radius 3 is 2.88 bits per heavy atom. The van der Waals surface area contributed by atoms with Crippen molar-refractivity contribution in [2.75, 3.05) is 32.2 Å². The van der Waals surface area contributed by atoms with Gasteiger partial charge in [-0.2, -0.15) is 5.10 Å². The van der Waals surface area contributed by atoms with Crippen LogP contribution in [0.1, 0.15) is 32.3 Å². The zero-order chi connectivity index (χ0) is 23.4. The summed E-state index contributed by atoms with van der Waals surface area (Å²) in [5.74, 6) is 0.550. The molecule has 1 aliphatic rings. The zero-order valence-corrected chi connectivity index (χ0v) is 19.8. The van der Waals surface area contributed by atoms with Crippen LogP contribution in [0.2, 0.25) is 0 Å². The first-order valence-corrected chi connectivity index (χ1v) is 11.5. The van der Waals surface area contributed by atoms with Crippen LogP contribution in [0.4, 0.5) is 10.5 Å². The molecule has 0 bridgehead atoms. The highest BCUT2D eigenvalue weighted by molar-refractivity contribution is 5.91. The van der Waals surface area contributed by atoms with Gasteiger partial charge in [-0.15, -0.1) is 0 Å². The first-order chi connectivity index (χ1) is 16.0. The van der Waals surface area contributed by atoms with Crippen LogP contribution in [-0.4, -0.2) is 64.5 Å². The van der Waals surface area contributed by atoms with Crippen molar-refractivity contribution in [2.24, 2.45) is 5.92 Å². The molecule has 0 saturated carbocycles. The summed E-state index contributed by atoms with van der Waals surface area (Å²) in [7, 11) is 1.66. The zero-order valence-electron chi connectivity index (χ0n) is 19.8. The number of nitrogens with zero attached hydrogens (tertiary/aromatic N) is 4. The summed E-state index contributed by atoms with van der Waals surface area (Å²) in [6.45, 7) is 7.98. The molecule has 1 aliphatic heterocycles. The average Bonchev–Trinajstić information content (AvgIpc) is 3.25. The van der Waals surface area contributed by atoms with Gasteiger partial charge in [-0.25, -0.2) is 9.31 Å². The number of nitrogens with one attached hydrogen (secondary N) is 1. The van der Waals surface area contributed by atoms with Crippen molar-refractivity contribution in [3.05, 3.63) is 48.4 Å². The number of carbonyl (C=O) groups is 1. The number of aromatic nitrogens is 3. The van der Waals surface area contributed by atoms with E-state index in [4.69, 9.17) is 9.47 Å². The number of piperidine rings is 1. The monoisotopic (exact) mass is 451 g/mol. The quantitative estimate of drug-likeness (QED) is 0.539. The molecular formula is C25H33N5O3. The second-order valence-electron chi connectivity index (χ2n) is 8.99. The highest BCUT2D eigenvalue weighted by Crippen LogP contribution is 2.30.